The van der Waals surface area contributed by atoms with Crippen molar-refractivity contribution in [2.24, 2.45) is 0 Å². The van der Waals surface area contributed by atoms with Crippen LogP contribution in [0.3, 0.4) is 0 Å². The molecule has 0 bridgehead atoms. The molecule has 0 saturated heterocycles. The number of thiophene rings is 1. The molecule has 118 valence electrons. The third-order valence-corrected chi connectivity index (χ3v) is 5.03. The average molecular weight is 350 g/mol. The average Bonchev–Trinajstić information content (AvgIpc) is 2.99. The van der Waals surface area contributed by atoms with Gasteiger partial charge in [0.1, 0.15) is 11.9 Å². The fraction of sp³-hybridized carbons (Fsp3) is 0.118. The Kier molecular flexibility index (Phi) is 4.61. The summed E-state index contributed by atoms with van der Waals surface area (Å²) in [5.41, 5.74) is 0.0511. The minimum Gasteiger partial charge on any atom is -0.386 e. The van der Waals surface area contributed by atoms with Gasteiger partial charge in [0, 0.05) is 16.1 Å². The van der Waals surface area contributed by atoms with Crippen molar-refractivity contribution in [3.8, 4) is 0 Å². The van der Waals surface area contributed by atoms with Crippen molar-refractivity contribution in [3.05, 3.63) is 69.8 Å². The number of hydrogen-bond acceptors (Lipinski definition) is 3. The Morgan fingerprint density at radius 3 is 2.83 bits per heavy atom. The highest BCUT2D eigenvalue weighted by molar-refractivity contribution is 7.19. The summed E-state index contributed by atoms with van der Waals surface area (Å²) < 4.78 is 14.4. The molecule has 1 aromatic heterocycles. The first-order valence-electron chi connectivity index (χ1n) is 6.95. The van der Waals surface area contributed by atoms with Gasteiger partial charge in [-0.3, -0.25) is 4.79 Å². The number of fused-ring (bicyclic) bond motifs is 1. The first-order chi connectivity index (χ1) is 11.1. The Labute approximate surface area is 141 Å². The van der Waals surface area contributed by atoms with Gasteiger partial charge >= 0.3 is 0 Å². The van der Waals surface area contributed by atoms with Crippen LogP contribution in [0.2, 0.25) is 5.02 Å². The van der Waals surface area contributed by atoms with Crippen LogP contribution in [0.15, 0.2) is 48.5 Å². The lowest BCUT2D eigenvalue weighted by molar-refractivity contribution is 0.0918. The van der Waals surface area contributed by atoms with Gasteiger partial charge in [0.15, 0.2) is 0 Å². The summed E-state index contributed by atoms with van der Waals surface area (Å²) in [5, 5.41) is 13.6. The summed E-state index contributed by atoms with van der Waals surface area (Å²) in [6.07, 6.45) is -0.830. The maximum Gasteiger partial charge on any atom is 0.253 e. The third-order valence-electron chi connectivity index (χ3n) is 3.43. The van der Waals surface area contributed by atoms with Crippen LogP contribution in [0.25, 0.3) is 10.1 Å². The molecule has 0 saturated carbocycles. The zero-order valence-corrected chi connectivity index (χ0v) is 13.5. The summed E-state index contributed by atoms with van der Waals surface area (Å²) in [7, 11) is 0. The van der Waals surface area contributed by atoms with Gasteiger partial charge in [0.25, 0.3) is 5.91 Å². The molecule has 1 atom stereocenters. The summed E-state index contributed by atoms with van der Waals surface area (Å²) in [6.45, 7) is 0.0263. The van der Waals surface area contributed by atoms with Crippen LogP contribution in [-0.2, 0) is 0 Å². The number of nitrogens with one attached hydrogen (secondary N) is 1. The fourth-order valence-corrected chi connectivity index (χ4v) is 3.49. The van der Waals surface area contributed by atoms with Crippen LogP contribution >= 0.6 is 22.9 Å². The van der Waals surface area contributed by atoms with E-state index in [0.29, 0.717) is 0 Å². The van der Waals surface area contributed by atoms with E-state index in [0.717, 1.165) is 15.0 Å². The molecule has 1 unspecified atom stereocenters. The van der Waals surface area contributed by atoms with Gasteiger partial charge in [-0.2, -0.15) is 0 Å². The second-order valence-electron chi connectivity index (χ2n) is 5.01. The van der Waals surface area contributed by atoms with E-state index in [2.05, 4.69) is 5.32 Å². The molecule has 3 nitrogen and oxygen atoms in total. The number of halogens is 2. The highest BCUT2D eigenvalue weighted by Gasteiger charge is 2.16. The molecule has 0 aliphatic rings. The summed E-state index contributed by atoms with van der Waals surface area (Å²) >= 11 is 7.25. The Morgan fingerprint density at radius 1 is 1.26 bits per heavy atom. The zero-order chi connectivity index (χ0) is 16.4. The molecular formula is C17H13ClFNO2S. The number of carbonyl (C=O) groups is 1. The van der Waals surface area contributed by atoms with E-state index in [4.69, 9.17) is 11.6 Å². The van der Waals surface area contributed by atoms with Crippen molar-refractivity contribution in [3.63, 3.8) is 0 Å². The van der Waals surface area contributed by atoms with E-state index < -0.39 is 17.8 Å². The largest absolute Gasteiger partial charge is 0.386 e. The van der Waals surface area contributed by atoms with E-state index in [1.165, 1.54) is 29.5 Å². The van der Waals surface area contributed by atoms with Crippen molar-refractivity contribution in [2.45, 2.75) is 6.10 Å². The van der Waals surface area contributed by atoms with Crippen molar-refractivity contribution in [1.29, 1.82) is 0 Å². The molecule has 2 aromatic carbocycles. The van der Waals surface area contributed by atoms with Crippen molar-refractivity contribution < 1.29 is 14.3 Å². The number of aliphatic hydroxyl groups excluding tert-OH is 1. The van der Waals surface area contributed by atoms with Crippen LogP contribution in [-0.4, -0.2) is 17.6 Å². The lowest BCUT2D eigenvalue weighted by Gasteiger charge is -2.11. The molecule has 23 heavy (non-hydrogen) atoms. The lowest BCUT2D eigenvalue weighted by atomic mass is 10.2. The molecule has 0 aliphatic heterocycles. The van der Waals surface area contributed by atoms with Gasteiger partial charge < -0.3 is 10.4 Å². The van der Waals surface area contributed by atoms with Crippen LogP contribution in [0.4, 0.5) is 4.39 Å². The standard InChI is InChI=1S/C17H13ClFNO2S/c18-16-11(5-3-6-12(16)19)17(22)20-9-13(21)15-8-10-4-1-2-7-14(10)23-15/h1-8,13,21H,9H2,(H,20,22). The number of carbonyl (C=O) groups excluding carboxylic acids is 1. The quantitative estimate of drug-likeness (QED) is 0.743. The lowest BCUT2D eigenvalue weighted by Crippen LogP contribution is -2.28. The number of amides is 1. The molecule has 1 heterocycles. The Bertz CT molecular complexity index is 832. The smallest absolute Gasteiger partial charge is 0.253 e. The molecule has 3 aromatic rings. The molecule has 0 aliphatic carbocycles. The van der Waals surface area contributed by atoms with Crippen LogP contribution < -0.4 is 5.32 Å². The molecule has 2 N–H and O–H groups in total. The first-order valence-corrected chi connectivity index (χ1v) is 8.14. The molecule has 3 rings (SSSR count). The summed E-state index contributed by atoms with van der Waals surface area (Å²) in [6, 6.07) is 13.7. The van der Waals surface area contributed by atoms with E-state index in [1.807, 2.05) is 30.3 Å². The normalized spacial score (nSPS) is 12.3. The van der Waals surface area contributed by atoms with E-state index in [9.17, 15) is 14.3 Å². The van der Waals surface area contributed by atoms with Gasteiger partial charge in [-0.15, -0.1) is 11.3 Å². The molecular weight excluding hydrogens is 337 g/mol. The molecule has 0 spiro atoms. The van der Waals surface area contributed by atoms with E-state index in [-0.39, 0.29) is 17.1 Å². The fourth-order valence-electron chi connectivity index (χ4n) is 2.23. The highest BCUT2D eigenvalue weighted by atomic mass is 35.5. The van der Waals surface area contributed by atoms with Gasteiger partial charge in [-0.1, -0.05) is 35.9 Å². The highest BCUT2D eigenvalue weighted by Crippen LogP contribution is 2.29. The molecule has 6 heteroatoms. The van der Waals surface area contributed by atoms with Crippen LogP contribution in [0.1, 0.15) is 21.3 Å². The molecule has 0 fully saturated rings. The predicted octanol–water partition coefficient (Wildman–Crippen LogP) is 4.16. The van der Waals surface area contributed by atoms with Gasteiger partial charge in [0.05, 0.1) is 10.6 Å². The Hall–Kier alpha value is -1.95. The van der Waals surface area contributed by atoms with Gasteiger partial charge in [-0.25, -0.2) is 4.39 Å². The number of rotatable bonds is 4. The number of benzene rings is 2. The maximum atomic E-state index is 13.4. The SMILES string of the molecule is O=C(NCC(O)c1cc2ccccc2s1)c1cccc(F)c1Cl. The molecule has 1 amide bonds. The minimum atomic E-state index is -0.830. The van der Waals surface area contributed by atoms with Gasteiger partial charge in [-0.05, 0) is 29.7 Å². The second-order valence-corrected chi connectivity index (χ2v) is 6.51. The van der Waals surface area contributed by atoms with Crippen molar-refractivity contribution >= 4 is 38.9 Å². The Balaban J connectivity index is 1.69. The van der Waals surface area contributed by atoms with Crippen LogP contribution in [0.5, 0.6) is 0 Å². The first kappa shape index (κ1) is 15.9. The van der Waals surface area contributed by atoms with Crippen molar-refractivity contribution in [2.75, 3.05) is 6.54 Å². The Morgan fingerprint density at radius 2 is 2.04 bits per heavy atom. The van der Waals surface area contributed by atoms with Crippen molar-refractivity contribution in [1.82, 2.24) is 5.32 Å². The monoisotopic (exact) mass is 349 g/mol. The van der Waals surface area contributed by atoms with E-state index in [1.54, 1.807) is 0 Å². The van der Waals surface area contributed by atoms with E-state index >= 15 is 0 Å². The molecule has 0 radical (unpaired) electrons. The third kappa shape index (κ3) is 3.37. The number of aliphatic hydroxyl groups is 1. The van der Waals surface area contributed by atoms with Crippen LogP contribution in [0, 0.1) is 5.82 Å². The summed E-state index contributed by atoms with van der Waals surface area (Å²) in [5.74, 6) is -1.17. The maximum absolute atomic E-state index is 13.4. The predicted molar refractivity (Wildman–Crippen MR) is 90.5 cm³/mol. The minimum absolute atomic E-state index is 0.0263. The zero-order valence-electron chi connectivity index (χ0n) is 11.9. The number of hydrogen-bond donors (Lipinski definition) is 2. The van der Waals surface area contributed by atoms with Gasteiger partial charge in [0.2, 0.25) is 0 Å². The summed E-state index contributed by atoms with van der Waals surface area (Å²) in [4.78, 5) is 12.8. The second kappa shape index (κ2) is 6.66. The topological polar surface area (TPSA) is 49.3 Å².